The minimum Gasteiger partial charge on any atom is -0.481 e. The minimum absolute atomic E-state index is 0.0388. The Balaban J connectivity index is 1.80. The molecule has 9 nitrogen and oxygen atoms in total. The molecule has 2 atom stereocenters. The van der Waals surface area contributed by atoms with Crippen molar-refractivity contribution in [3.8, 4) is 0 Å². The number of carboxylic acids is 1. The lowest BCUT2D eigenvalue weighted by atomic mass is 10.0. The van der Waals surface area contributed by atoms with E-state index in [1.165, 1.54) is 18.4 Å². The van der Waals surface area contributed by atoms with E-state index >= 15 is 0 Å². The Morgan fingerprint density at radius 2 is 1.94 bits per heavy atom. The molecule has 176 valence electrons. The zero-order valence-electron chi connectivity index (χ0n) is 18.4. The van der Waals surface area contributed by atoms with Gasteiger partial charge in [-0.1, -0.05) is 42.0 Å². The van der Waals surface area contributed by atoms with E-state index in [1.54, 1.807) is 24.3 Å². The lowest BCUT2D eigenvalue weighted by Gasteiger charge is -2.21. The molecular weight excluding hydrogens is 478 g/mol. The van der Waals surface area contributed by atoms with Crippen molar-refractivity contribution in [2.45, 2.75) is 32.9 Å². The van der Waals surface area contributed by atoms with Gasteiger partial charge in [0.15, 0.2) is 0 Å². The molecule has 0 fully saturated rings. The molecule has 34 heavy (non-hydrogen) atoms. The summed E-state index contributed by atoms with van der Waals surface area (Å²) >= 11 is 11.2. The molecule has 1 aromatic heterocycles. The molecule has 11 heteroatoms. The van der Waals surface area contributed by atoms with Crippen LogP contribution in [-0.2, 0) is 17.8 Å². The number of anilines is 3. The molecule has 0 radical (unpaired) electrons. The van der Waals surface area contributed by atoms with Crippen molar-refractivity contribution in [1.29, 1.82) is 0 Å². The highest BCUT2D eigenvalue weighted by molar-refractivity contribution is 7.80. The molecule has 0 saturated carbocycles. The molecule has 3 aromatic rings. The van der Waals surface area contributed by atoms with Gasteiger partial charge in [0.25, 0.3) is 0 Å². The zero-order valence-corrected chi connectivity index (χ0v) is 20.0. The monoisotopic (exact) mass is 499 g/mol. The Kier molecular flexibility index (Phi) is 6.54. The van der Waals surface area contributed by atoms with Crippen molar-refractivity contribution in [3.63, 3.8) is 0 Å². The van der Waals surface area contributed by atoms with Gasteiger partial charge in [-0.25, -0.2) is 14.2 Å². The first-order valence-electron chi connectivity index (χ1n) is 10.5. The maximum absolute atomic E-state index is 13.5. The number of aliphatic carboxylic acids is 1. The summed E-state index contributed by atoms with van der Waals surface area (Å²) in [5.74, 6) is -2.05. The van der Waals surface area contributed by atoms with Gasteiger partial charge in [-0.3, -0.25) is 9.36 Å². The third-order valence-corrected chi connectivity index (χ3v) is 6.36. The van der Waals surface area contributed by atoms with E-state index in [9.17, 15) is 19.5 Å². The number of thiocarbonyl (C=S) groups is 1. The lowest BCUT2D eigenvalue weighted by Crippen LogP contribution is -2.46. The van der Waals surface area contributed by atoms with Gasteiger partial charge in [0.1, 0.15) is 0 Å². The Morgan fingerprint density at radius 3 is 2.62 bits per heavy atom. The third-order valence-electron chi connectivity index (χ3n) is 5.87. The van der Waals surface area contributed by atoms with E-state index in [2.05, 4.69) is 15.6 Å². The van der Waals surface area contributed by atoms with Crippen LogP contribution in [-0.4, -0.2) is 30.2 Å². The number of aromatic nitrogens is 3. The summed E-state index contributed by atoms with van der Waals surface area (Å²) < 4.78 is 2.18. The summed E-state index contributed by atoms with van der Waals surface area (Å²) in [6.07, 6.45) is 0.653. The minimum atomic E-state index is -1.12. The van der Waals surface area contributed by atoms with Gasteiger partial charge in [0, 0.05) is 22.8 Å². The summed E-state index contributed by atoms with van der Waals surface area (Å²) in [7, 11) is 0. The summed E-state index contributed by atoms with van der Waals surface area (Å²) in [6.45, 7) is 3.04. The molecular formula is C23H22ClN5O4S. The zero-order chi connectivity index (χ0) is 24.6. The largest absolute Gasteiger partial charge is 0.481 e. The molecule has 0 spiro atoms. The summed E-state index contributed by atoms with van der Waals surface area (Å²) in [5.41, 5.74) is 1.76. The highest BCUT2D eigenvalue weighted by atomic mass is 35.5. The standard InChI is InChI=1S/C23H22ClN5O4S/c1-12(20(30)31)13(2)29-22(32)27-21(25-17-8-5-15-9-19(34)26-18(15)10-17)28(23(29)33)11-14-3-6-16(24)7-4-14/h3-8,10,12-13H,9,11H2,1-2H3,(H,26,34)(H,30,31)(H,25,27,32)/t12-,13+/m1/s1. The number of nitrogens with zero attached hydrogens (tertiary/aromatic N) is 3. The Hall–Kier alpha value is -3.50. The fraction of sp³-hybridized carbons (Fsp3) is 0.261. The second kappa shape index (κ2) is 9.40. The van der Waals surface area contributed by atoms with Gasteiger partial charge in [0.05, 0.1) is 23.5 Å². The smallest absolute Gasteiger partial charge is 0.355 e. The predicted molar refractivity (Wildman–Crippen MR) is 134 cm³/mol. The van der Waals surface area contributed by atoms with Gasteiger partial charge < -0.3 is 15.7 Å². The molecule has 1 aliphatic rings. The molecule has 0 amide bonds. The molecule has 0 aliphatic carbocycles. The highest BCUT2D eigenvalue weighted by Crippen LogP contribution is 2.28. The van der Waals surface area contributed by atoms with Gasteiger partial charge in [0.2, 0.25) is 5.95 Å². The topological polar surface area (TPSA) is 118 Å². The Labute approximate surface area is 205 Å². The maximum atomic E-state index is 13.5. The molecule has 0 unspecified atom stereocenters. The van der Waals surface area contributed by atoms with Crippen molar-refractivity contribution < 1.29 is 9.90 Å². The highest BCUT2D eigenvalue weighted by Gasteiger charge is 2.26. The van der Waals surface area contributed by atoms with Crippen molar-refractivity contribution in [2.75, 3.05) is 10.6 Å². The SMILES string of the molecule is C[C@@H](C(=O)O)[C@H](C)n1c(=O)nc(Nc2ccc3c(c2)NC(=S)C3)n(Cc2ccc(Cl)cc2)c1=O. The van der Waals surface area contributed by atoms with Crippen LogP contribution >= 0.6 is 23.8 Å². The number of rotatable bonds is 7. The predicted octanol–water partition coefficient (Wildman–Crippen LogP) is 3.43. The molecule has 2 aromatic carbocycles. The number of hydrogen-bond donors (Lipinski definition) is 3. The van der Waals surface area contributed by atoms with Crippen LogP contribution in [0.3, 0.4) is 0 Å². The number of fused-ring (bicyclic) bond motifs is 1. The van der Waals surface area contributed by atoms with E-state index in [0.717, 1.165) is 21.4 Å². The number of benzene rings is 2. The van der Waals surface area contributed by atoms with Crippen molar-refractivity contribution in [3.05, 3.63) is 79.6 Å². The average Bonchev–Trinajstić information content (AvgIpc) is 3.16. The van der Waals surface area contributed by atoms with E-state index < -0.39 is 29.3 Å². The number of carbonyl (C=O) groups is 1. The Morgan fingerprint density at radius 1 is 1.24 bits per heavy atom. The fourth-order valence-corrected chi connectivity index (χ4v) is 4.11. The van der Waals surface area contributed by atoms with Gasteiger partial charge in [-0.2, -0.15) is 4.98 Å². The molecule has 3 N–H and O–H groups in total. The quantitative estimate of drug-likeness (QED) is 0.423. The second-order valence-corrected chi connectivity index (χ2v) is 9.10. The van der Waals surface area contributed by atoms with E-state index in [4.69, 9.17) is 23.8 Å². The van der Waals surface area contributed by atoms with Gasteiger partial charge in [-0.15, -0.1) is 0 Å². The van der Waals surface area contributed by atoms with Crippen molar-refractivity contribution in [2.24, 2.45) is 5.92 Å². The van der Waals surface area contributed by atoms with E-state index in [1.807, 2.05) is 18.2 Å². The molecule has 2 heterocycles. The number of carboxylic acid groups (broad SMARTS) is 1. The van der Waals surface area contributed by atoms with Crippen LogP contribution in [0.15, 0.2) is 52.1 Å². The van der Waals surface area contributed by atoms with Crippen LogP contribution in [0, 0.1) is 5.92 Å². The summed E-state index contributed by atoms with van der Waals surface area (Å²) in [5, 5.41) is 16.1. The van der Waals surface area contributed by atoms with Crippen LogP contribution < -0.4 is 22.0 Å². The number of halogens is 1. The summed E-state index contributed by atoms with van der Waals surface area (Å²) in [4.78, 5) is 42.6. The first-order valence-corrected chi connectivity index (χ1v) is 11.3. The Bertz CT molecular complexity index is 1400. The van der Waals surface area contributed by atoms with Crippen molar-refractivity contribution >= 4 is 52.1 Å². The number of nitrogens with one attached hydrogen (secondary N) is 2. The number of hydrogen-bond acceptors (Lipinski definition) is 6. The fourth-order valence-electron chi connectivity index (χ4n) is 3.72. The van der Waals surface area contributed by atoms with Gasteiger partial charge >= 0.3 is 17.3 Å². The van der Waals surface area contributed by atoms with Gasteiger partial charge in [-0.05, 0) is 49.2 Å². The molecule has 0 saturated heterocycles. The maximum Gasteiger partial charge on any atom is 0.355 e. The molecule has 4 rings (SSSR count). The molecule has 0 bridgehead atoms. The first kappa shape index (κ1) is 23.7. The second-order valence-electron chi connectivity index (χ2n) is 8.17. The van der Waals surface area contributed by atoms with E-state index in [-0.39, 0.29) is 12.5 Å². The van der Waals surface area contributed by atoms with Crippen LogP contribution in [0.5, 0.6) is 0 Å². The van der Waals surface area contributed by atoms with E-state index in [0.29, 0.717) is 22.1 Å². The van der Waals surface area contributed by atoms with Crippen LogP contribution in [0.25, 0.3) is 0 Å². The van der Waals surface area contributed by atoms with Crippen LogP contribution in [0.2, 0.25) is 5.02 Å². The average molecular weight is 500 g/mol. The third kappa shape index (κ3) is 4.73. The van der Waals surface area contributed by atoms with Crippen LogP contribution in [0.4, 0.5) is 17.3 Å². The lowest BCUT2D eigenvalue weighted by molar-refractivity contribution is -0.142. The first-order chi connectivity index (χ1) is 16.1. The molecule has 1 aliphatic heterocycles. The summed E-state index contributed by atoms with van der Waals surface area (Å²) in [6, 6.07) is 11.6. The van der Waals surface area contributed by atoms with Crippen molar-refractivity contribution in [1.82, 2.24) is 14.1 Å². The normalized spacial score (nSPS) is 14.3. The van der Waals surface area contributed by atoms with Crippen LogP contribution in [0.1, 0.15) is 31.0 Å².